The second kappa shape index (κ2) is 6.66. The van der Waals surface area contributed by atoms with Gasteiger partial charge in [0.15, 0.2) is 11.6 Å². The van der Waals surface area contributed by atoms with Gasteiger partial charge in [-0.05, 0) is 30.7 Å². The molecule has 3 nitrogen and oxygen atoms in total. The molecule has 3 heteroatoms. The van der Waals surface area contributed by atoms with Crippen molar-refractivity contribution in [1.82, 2.24) is 0 Å². The van der Waals surface area contributed by atoms with Gasteiger partial charge in [-0.2, -0.15) is 0 Å². The van der Waals surface area contributed by atoms with Crippen molar-refractivity contribution >= 4 is 17.6 Å². The van der Waals surface area contributed by atoms with E-state index in [2.05, 4.69) is 0 Å². The van der Waals surface area contributed by atoms with E-state index in [1.807, 2.05) is 24.3 Å². The van der Waals surface area contributed by atoms with Crippen molar-refractivity contribution in [2.45, 2.75) is 6.92 Å². The second-order valence-electron chi connectivity index (χ2n) is 4.60. The van der Waals surface area contributed by atoms with E-state index in [1.54, 1.807) is 37.5 Å². The smallest absolute Gasteiger partial charge is 0.185 e. The molecule has 0 aliphatic carbocycles. The predicted octanol–water partition coefficient (Wildman–Crippen LogP) is 3.79. The topological polar surface area (TPSA) is 43.4 Å². The van der Waals surface area contributed by atoms with Gasteiger partial charge in [-0.1, -0.05) is 42.5 Å². The van der Waals surface area contributed by atoms with Crippen molar-refractivity contribution < 1.29 is 14.3 Å². The Morgan fingerprint density at radius 1 is 0.905 bits per heavy atom. The van der Waals surface area contributed by atoms with Crippen molar-refractivity contribution in [3.8, 4) is 5.75 Å². The first kappa shape index (κ1) is 14.7. The summed E-state index contributed by atoms with van der Waals surface area (Å²) in [6.45, 7) is 1.50. The number of carbonyl (C=O) groups excluding carboxylic acids is 2. The summed E-state index contributed by atoms with van der Waals surface area (Å²) in [6.07, 6.45) is 3.27. The van der Waals surface area contributed by atoms with E-state index < -0.39 is 0 Å². The highest BCUT2D eigenvalue weighted by Crippen LogP contribution is 2.13. The standard InChI is InChI=1S/C18H16O3/c1-13(19)15-6-8-16(9-7-15)18(20)12-5-14-3-10-17(21-2)11-4-14/h3-12H,1-2H3/b12-5+. The number of benzene rings is 2. The number of ether oxygens (including phenoxy) is 1. The van der Waals surface area contributed by atoms with E-state index in [0.29, 0.717) is 11.1 Å². The van der Waals surface area contributed by atoms with Crippen LogP contribution < -0.4 is 4.74 Å². The summed E-state index contributed by atoms with van der Waals surface area (Å²) in [5.41, 5.74) is 2.08. The minimum Gasteiger partial charge on any atom is -0.497 e. The van der Waals surface area contributed by atoms with Gasteiger partial charge in [0, 0.05) is 11.1 Å². The van der Waals surface area contributed by atoms with Crippen LogP contribution in [0.3, 0.4) is 0 Å². The number of carbonyl (C=O) groups is 2. The van der Waals surface area contributed by atoms with Gasteiger partial charge in [-0.25, -0.2) is 0 Å². The van der Waals surface area contributed by atoms with Crippen LogP contribution in [0.2, 0.25) is 0 Å². The van der Waals surface area contributed by atoms with Gasteiger partial charge in [-0.3, -0.25) is 9.59 Å². The molecule has 2 aromatic carbocycles. The molecule has 0 aromatic heterocycles. The van der Waals surface area contributed by atoms with E-state index in [0.717, 1.165) is 11.3 Å². The fourth-order valence-corrected chi connectivity index (χ4v) is 1.85. The first-order valence-electron chi connectivity index (χ1n) is 6.57. The van der Waals surface area contributed by atoms with Gasteiger partial charge in [-0.15, -0.1) is 0 Å². The number of rotatable bonds is 5. The molecule has 0 aliphatic rings. The van der Waals surface area contributed by atoms with Gasteiger partial charge in [0.05, 0.1) is 7.11 Å². The molecular formula is C18H16O3. The Morgan fingerprint density at radius 2 is 1.48 bits per heavy atom. The maximum Gasteiger partial charge on any atom is 0.185 e. The third-order valence-electron chi connectivity index (χ3n) is 3.12. The fraction of sp³-hybridized carbons (Fsp3) is 0.111. The molecule has 106 valence electrons. The minimum atomic E-state index is -0.0964. The van der Waals surface area contributed by atoms with Crippen LogP contribution >= 0.6 is 0 Å². The monoisotopic (exact) mass is 280 g/mol. The Balaban J connectivity index is 2.09. The quantitative estimate of drug-likeness (QED) is 0.618. The Morgan fingerprint density at radius 3 is 2.00 bits per heavy atom. The molecule has 0 saturated heterocycles. The zero-order chi connectivity index (χ0) is 15.2. The van der Waals surface area contributed by atoms with Gasteiger partial charge in [0.1, 0.15) is 5.75 Å². The van der Waals surface area contributed by atoms with Crippen LogP contribution in [0.5, 0.6) is 5.75 Å². The molecule has 0 aliphatic heterocycles. The maximum absolute atomic E-state index is 12.0. The van der Waals surface area contributed by atoms with Crippen LogP contribution in [-0.2, 0) is 0 Å². The summed E-state index contributed by atoms with van der Waals surface area (Å²) in [7, 11) is 1.61. The van der Waals surface area contributed by atoms with E-state index in [4.69, 9.17) is 4.74 Å². The van der Waals surface area contributed by atoms with Crippen LogP contribution in [0.25, 0.3) is 6.08 Å². The van der Waals surface area contributed by atoms with Crippen LogP contribution in [0, 0.1) is 0 Å². The molecule has 0 N–H and O–H groups in total. The van der Waals surface area contributed by atoms with Gasteiger partial charge in [0.25, 0.3) is 0 Å². The Hall–Kier alpha value is -2.68. The second-order valence-corrected chi connectivity index (χ2v) is 4.60. The highest BCUT2D eigenvalue weighted by Gasteiger charge is 2.03. The van der Waals surface area contributed by atoms with Gasteiger partial charge in [0.2, 0.25) is 0 Å². The van der Waals surface area contributed by atoms with Crippen LogP contribution in [0.1, 0.15) is 33.2 Å². The molecule has 2 aromatic rings. The summed E-state index contributed by atoms with van der Waals surface area (Å²) in [6, 6.07) is 14.1. The van der Waals surface area contributed by atoms with E-state index in [-0.39, 0.29) is 11.6 Å². The minimum absolute atomic E-state index is 0.0113. The summed E-state index contributed by atoms with van der Waals surface area (Å²) in [5.74, 6) is 0.669. The van der Waals surface area contributed by atoms with Crippen molar-refractivity contribution in [3.05, 3.63) is 71.3 Å². The molecule has 0 radical (unpaired) electrons. The summed E-state index contributed by atoms with van der Waals surface area (Å²) >= 11 is 0. The van der Waals surface area contributed by atoms with Gasteiger partial charge < -0.3 is 4.74 Å². The van der Waals surface area contributed by atoms with Gasteiger partial charge >= 0.3 is 0 Å². The lowest BCUT2D eigenvalue weighted by Gasteiger charge is -2.00. The first-order chi connectivity index (χ1) is 10.1. The molecule has 0 atom stereocenters. The Kier molecular flexibility index (Phi) is 4.67. The molecule has 0 amide bonds. The molecule has 0 unspecified atom stereocenters. The summed E-state index contributed by atoms with van der Waals surface area (Å²) in [5, 5.41) is 0. The normalized spacial score (nSPS) is 10.6. The molecular weight excluding hydrogens is 264 g/mol. The lowest BCUT2D eigenvalue weighted by Crippen LogP contribution is -1.97. The van der Waals surface area contributed by atoms with Crippen molar-refractivity contribution in [2.24, 2.45) is 0 Å². The molecule has 21 heavy (non-hydrogen) atoms. The number of allylic oxidation sites excluding steroid dienone is 1. The molecule has 0 spiro atoms. The third kappa shape index (κ3) is 3.89. The molecule has 0 fully saturated rings. The number of Topliss-reactive ketones (excluding diaryl/α,β-unsaturated/α-hetero) is 1. The summed E-state index contributed by atoms with van der Waals surface area (Å²) < 4.78 is 5.08. The zero-order valence-electron chi connectivity index (χ0n) is 12.0. The van der Waals surface area contributed by atoms with E-state index in [1.165, 1.54) is 13.0 Å². The number of hydrogen-bond donors (Lipinski definition) is 0. The van der Waals surface area contributed by atoms with Crippen molar-refractivity contribution in [2.75, 3.05) is 7.11 Å². The first-order valence-corrected chi connectivity index (χ1v) is 6.57. The van der Waals surface area contributed by atoms with Crippen LogP contribution in [-0.4, -0.2) is 18.7 Å². The molecule has 0 heterocycles. The SMILES string of the molecule is COc1ccc(/C=C/C(=O)c2ccc(C(C)=O)cc2)cc1. The lowest BCUT2D eigenvalue weighted by atomic mass is 10.1. The van der Waals surface area contributed by atoms with Crippen LogP contribution in [0.4, 0.5) is 0 Å². The van der Waals surface area contributed by atoms with E-state index >= 15 is 0 Å². The van der Waals surface area contributed by atoms with E-state index in [9.17, 15) is 9.59 Å². The average Bonchev–Trinajstić information content (AvgIpc) is 2.53. The molecule has 0 saturated carbocycles. The van der Waals surface area contributed by atoms with Crippen molar-refractivity contribution in [3.63, 3.8) is 0 Å². The highest BCUT2D eigenvalue weighted by atomic mass is 16.5. The van der Waals surface area contributed by atoms with Crippen LogP contribution in [0.15, 0.2) is 54.6 Å². The molecule has 0 bridgehead atoms. The average molecular weight is 280 g/mol. The summed E-state index contributed by atoms with van der Waals surface area (Å²) in [4.78, 5) is 23.2. The zero-order valence-corrected chi connectivity index (χ0v) is 12.0. The number of ketones is 2. The predicted molar refractivity (Wildman–Crippen MR) is 82.8 cm³/mol. The molecule has 2 rings (SSSR count). The number of methoxy groups -OCH3 is 1. The lowest BCUT2D eigenvalue weighted by molar-refractivity contribution is 0.101. The highest BCUT2D eigenvalue weighted by molar-refractivity contribution is 6.07. The largest absolute Gasteiger partial charge is 0.497 e. The van der Waals surface area contributed by atoms with Crippen molar-refractivity contribution in [1.29, 1.82) is 0 Å². The Labute approximate surface area is 123 Å². The number of hydrogen-bond acceptors (Lipinski definition) is 3. The maximum atomic E-state index is 12.0. The third-order valence-corrected chi connectivity index (χ3v) is 3.12. The Bertz CT molecular complexity index is 665. The fourth-order valence-electron chi connectivity index (χ4n) is 1.85.